The summed E-state index contributed by atoms with van der Waals surface area (Å²) in [4.78, 5) is 2.51. The molecule has 0 aliphatic carbocycles. The van der Waals surface area contributed by atoms with Gasteiger partial charge in [-0.25, -0.2) is 0 Å². The van der Waals surface area contributed by atoms with Crippen LogP contribution in [0, 0.1) is 0 Å². The van der Waals surface area contributed by atoms with E-state index in [1.54, 1.807) is 0 Å². The van der Waals surface area contributed by atoms with Crippen LogP contribution in [0.3, 0.4) is 0 Å². The fraction of sp³-hybridized carbons (Fsp3) is 0.625. The van der Waals surface area contributed by atoms with E-state index in [1.165, 1.54) is 5.56 Å². The molecule has 0 spiro atoms. The Bertz CT molecular complexity index is 345. The summed E-state index contributed by atoms with van der Waals surface area (Å²) in [5, 5.41) is 3.66. The van der Waals surface area contributed by atoms with Gasteiger partial charge in [0.25, 0.3) is 0 Å². The summed E-state index contributed by atoms with van der Waals surface area (Å²) in [5.74, 6) is 0. The summed E-state index contributed by atoms with van der Waals surface area (Å²) in [7, 11) is 0. The Labute approximate surface area is 116 Å². The zero-order chi connectivity index (χ0) is 13.5. The Morgan fingerprint density at radius 3 is 2.58 bits per heavy atom. The quantitative estimate of drug-likeness (QED) is 0.817. The van der Waals surface area contributed by atoms with Gasteiger partial charge in [-0.1, -0.05) is 44.2 Å². The van der Waals surface area contributed by atoms with Crippen molar-refractivity contribution in [1.29, 1.82) is 0 Å². The molecule has 1 aromatic rings. The van der Waals surface area contributed by atoms with E-state index in [9.17, 15) is 0 Å². The Morgan fingerprint density at radius 1 is 1.26 bits per heavy atom. The van der Waals surface area contributed by atoms with Crippen LogP contribution in [0.2, 0.25) is 0 Å². The summed E-state index contributed by atoms with van der Waals surface area (Å²) < 4.78 is 5.43. The van der Waals surface area contributed by atoms with Gasteiger partial charge in [0.15, 0.2) is 0 Å². The van der Waals surface area contributed by atoms with Crippen LogP contribution >= 0.6 is 0 Å². The number of hydrogen-bond donors (Lipinski definition) is 1. The van der Waals surface area contributed by atoms with Crippen molar-refractivity contribution in [2.24, 2.45) is 0 Å². The van der Waals surface area contributed by atoms with Gasteiger partial charge in [0, 0.05) is 25.2 Å². The molecule has 1 N–H and O–H groups in total. The lowest BCUT2D eigenvalue weighted by molar-refractivity contribution is 0.181. The molecule has 1 saturated heterocycles. The minimum absolute atomic E-state index is 0.455. The fourth-order valence-electron chi connectivity index (χ4n) is 2.77. The lowest BCUT2D eigenvalue weighted by Gasteiger charge is -2.31. The first-order chi connectivity index (χ1) is 9.35. The normalized spacial score (nSPS) is 20.9. The van der Waals surface area contributed by atoms with Crippen LogP contribution in [0.1, 0.15) is 31.9 Å². The molecule has 0 amide bonds. The highest BCUT2D eigenvalue weighted by atomic mass is 16.5. The van der Waals surface area contributed by atoms with E-state index in [1.807, 2.05) is 0 Å². The molecule has 0 aromatic heterocycles. The molecule has 1 fully saturated rings. The lowest BCUT2D eigenvalue weighted by atomic mass is 10.0. The van der Waals surface area contributed by atoms with Crippen molar-refractivity contribution in [2.75, 3.05) is 32.8 Å². The van der Waals surface area contributed by atoms with E-state index < -0.39 is 0 Å². The standard InChI is InChI=1S/C16H26N2O/c1-3-18(4-2)16(14-8-6-5-7-9-14)12-17-15-10-11-19-13-15/h5-9,15-17H,3-4,10-13H2,1-2H3. The van der Waals surface area contributed by atoms with Crippen molar-refractivity contribution >= 4 is 0 Å². The second kappa shape index (κ2) is 7.63. The van der Waals surface area contributed by atoms with Gasteiger partial charge in [-0.3, -0.25) is 4.90 Å². The van der Waals surface area contributed by atoms with Gasteiger partial charge in [0.05, 0.1) is 6.61 Å². The third kappa shape index (κ3) is 4.03. The Kier molecular flexibility index (Phi) is 5.83. The summed E-state index contributed by atoms with van der Waals surface area (Å²) >= 11 is 0. The van der Waals surface area contributed by atoms with Gasteiger partial charge in [-0.2, -0.15) is 0 Å². The van der Waals surface area contributed by atoms with Crippen LogP contribution in [0.4, 0.5) is 0 Å². The Balaban J connectivity index is 2.01. The summed E-state index contributed by atoms with van der Waals surface area (Å²) in [6.45, 7) is 9.40. The molecular weight excluding hydrogens is 236 g/mol. The van der Waals surface area contributed by atoms with Crippen molar-refractivity contribution in [1.82, 2.24) is 10.2 Å². The van der Waals surface area contributed by atoms with E-state index in [0.717, 1.165) is 39.3 Å². The number of benzene rings is 1. The van der Waals surface area contributed by atoms with Crippen molar-refractivity contribution < 1.29 is 4.74 Å². The maximum Gasteiger partial charge on any atom is 0.0620 e. The van der Waals surface area contributed by atoms with Gasteiger partial charge in [-0.15, -0.1) is 0 Å². The first kappa shape index (κ1) is 14.5. The molecule has 106 valence electrons. The largest absolute Gasteiger partial charge is 0.380 e. The van der Waals surface area contributed by atoms with Crippen LogP contribution in [-0.2, 0) is 4.74 Å². The number of ether oxygens (including phenoxy) is 1. The minimum atomic E-state index is 0.455. The number of rotatable bonds is 7. The van der Waals surface area contributed by atoms with Crippen LogP contribution < -0.4 is 5.32 Å². The lowest BCUT2D eigenvalue weighted by Crippen LogP contribution is -2.40. The summed E-state index contributed by atoms with van der Waals surface area (Å²) in [6.07, 6.45) is 1.14. The molecule has 0 bridgehead atoms. The second-order valence-electron chi connectivity index (χ2n) is 5.12. The fourth-order valence-corrected chi connectivity index (χ4v) is 2.77. The molecule has 3 nitrogen and oxygen atoms in total. The van der Waals surface area contributed by atoms with Crippen LogP contribution in [-0.4, -0.2) is 43.8 Å². The summed E-state index contributed by atoms with van der Waals surface area (Å²) in [6, 6.07) is 11.8. The average molecular weight is 262 g/mol. The first-order valence-corrected chi connectivity index (χ1v) is 7.45. The maximum atomic E-state index is 5.43. The minimum Gasteiger partial charge on any atom is -0.380 e. The van der Waals surface area contributed by atoms with E-state index in [2.05, 4.69) is 54.4 Å². The zero-order valence-electron chi connectivity index (χ0n) is 12.1. The highest BCUT2D eigenvalue weighted by Gasteiger charge is 2.21. The van der Waals surface area contributed by atoms with E-state index in [0.29, 0.717) is 12.1 Å². The monoisotopic (exact) mass is 262 g/mol. The molecule has 1 aliphatic rings. The SMILES string of the molecule is CCN(CC)C(CNC1CCOC1)c1ccccc1. The van der Waals surface area contributed by atoms with Gasteiger partial charge >= 0.3 is 0 Å². The highest BCUT2D eigenvalue weighted by Crippen LogP contribution is 2.20. The molecule has 2 atom stereocenters. The van der Waals surface area contributed by atoms with E-state index >= 15 is 0 Å². The number of hydrogen-bond acceptors (Lipinski definition) is 3. The third-order valence-corrected chi connectivity index (χ3v) is 3.97. The average Bonchev–Trinajstić information content (AvgIpc) is 2.97. The van der Waals surface area contributed by atoms with Gasteiger partial charge in [0.1, 0.15) is 0 Å². The van der Waals surface area contributed by atoms with E-state index in [4.69, 9.17) is 4.74 Å². The molecule has 1 aliphatic heterocycles. The topological polar surface area (TPSA) is 24.5 Å². The Hall–Kier alpha value is -0.900. The van der Waals surface area contributed by atoms with Crippen LogP contribution in [0.25, 0.3) is 0 Å². The number of nitrogens with one attached hydrogen (secondary N) is 1. The molecule has 1 aromatic carbocycles. The van der Waals surface area contributed by atoms with Crippen LogP contribution in [0.5, 0.6) is 0 Å². The van der Waals surface area contributed by atoms with Crippen molar-refractivity contribution in [2.45, 2.75) is 32.4 Å². The second-order valence-corrected chi connectivity index (χ2v) is 5.12. The van der Waals surface area contributed by atoms with Gasteiger partial charge in [-0.05, 0) is 25.1 Å². The van der Waals surface area contributed by atoms with Crippen LogP contribution in [0.15, 0.2) is 30.3 Å². The zero-order valence-corrected chi connectivity index (χ0v) is 12.1. The van der Waals surface area contributed by atoms with Crippen molar-refractivity contribution in [3.8, 4) is 0 Å². The highest BCUT2D eigenvalue weighted by molar-refractivity contribution is 5.19. The van der Waals surface area contributed by atoms with Crippen molar-refractivity contribution in [3.63, 3.8) is 0 Å². The van der Waals surface area contributed by atoms with Gasteiger partial charge < -0.3 is 10.1 Å². The molecule has 1 heterocycles. The first-order valence-electron chi connectivity index (χ1n) is 7.45. The number of likely N-dealkylation sites (N-methyl/N-ethyl adjacent to an activating group) is 1. The molecule has 2 rings (SSSR count). The smallest absolute Gasteiger partial charge is 0.0620 e. The predicted molar refractivity (Wildman–Crippen MR) is 79.3 cm³/mol. The molecule has 3 heteroatoms. The predicted octanol–water partition coefficient (Wildman–Crippen LogP) is 2.45. The van der Waals surface area contributed by atoms with Gasteiger partial charge in [0.2, 0.25) is 0 Å². The van der Waals surface area contributed by atoms with E-state index in [-0.39, 0.29) is 0 Å². The molecule has 2 unspecified atom stereocenters. The summed E-state index contributed by atoms with van der Waals surface area (Å²) in [5.41, 5.74) is 1.40. The molecule has 19 heavy (non-hydrogen) atoms. The maximum absolute atomic E-state index is 5.43. The Morgan fingerprint density at radius 2 is 2.00 bits per heavy atom. The number of nitrogens with zero attached hydrogens (tertiary/aromatic N) is 1. The van der Waals surface area contributed by atoms with Crippen molar-refractivity contribution in [3.05, 3.63) is 35.9 Å². The third-order valence-electron chi connectivity index (χ3n) is 3.97. The molecule has 0 radical (unpaired) electrons. The molecule has 0 saturated carbocycles. The molecular formula is C16H26N2O.